The van der Waals surface area contributed by atoms with Crippen LogP contribution in [-0.2, 0) is 88.6 Å². The molecule has 1 saturated heterocycles. The van der Waals surface area contributed by atoms with Crippen molar-refractivity contribution >= 4 is 141 Å². The van der Waals surface area contributed by atoms with Gasteiger partial charge < -0.3 is 14.6 Å². The summed E-state index contributed by atoms with van der Waals surface area (Å²) in [5.41, 5.74) is 8.21. The average Bonchev–Trinajstić information content (AvgIpc) is 1.62. The molecule has 4 unspecified atom stereocenters. The predicted molar refractivity (Wildman–Crippen MR) is 369 cm³/mol. The van der Waals surface area contributed by atoms with Crippen molar-refractivity contribution < 1.29 is 68.7 Å². The van der Waals surface area contributed by atoms with Crippen LogP contribution < -0.4 is 5.32 Å². The highest BCUT2D eigenvalue weighted by atomic mass is 32.3. The number of para-hydroxylation sites is 5. The number of thioether (sulfide) groups is 2. The number of nitriles is 3. The third kappa shape index (κ3) is 20.4. The van der Waals surface area contributed by atoms with Crippen LogP contribution in [0.15, 0.2) is 150 Å². The Morgan fingerprint density at radius 2 is 1.05 bits per heavy atom. The molecule has 11 aromatic rings. The molecule has 1 aliphatic heterocycles. The van der Waals surface area contributed by atoms with Gasteiger partial charge in [-0.2, -0.15) is 70.7 Å². The van der Waals surface area contributed by atoms with E-state index >= 15 is 0 Å². The first-order valence-electron chi connectivity index (χ1n) is 28.5. The molecule has 12 rings (SSSR count). The number of nitrogens with zero attached hydrogens (tertiary/aromatic N) is 13. The molecule has 5 aromatic heterocycles. The number of hydrogen-bond acceptors (Lipinski definition) is 24. The lowest BCUT2D eigenvalue weighted by Gasteiger charge is -2.18. The maximum Gasteiger partial charge on any atom is 0.394 e. The lowest BCUT2D eigenvalue weighted by atomic mass is 10.1. The summed E-state index contributed by atoms with van der Waals surface area (Å²) in [6.07, 6.45) is -1.69. The van der Waals surface area contributed by atoms with E-state index in [-0.39, 0.29) is 45.8 Å². The number of ether oxygens (including phenoxy) is 2. The summed E-state index contributed by atoms with van der Waals surface area (Å²) < 4.78 is 78.8. The molecule has 2 amide bonds. The summed E-state index contributed by atoms with van der Waals surface area (Å²) in [6.45, 7) is 1.86. The summed E-state index contributed by atoms with van der Waals surface area (Å²) in [4.78, 5) is 54.6. The first-order chi connectivity index (χ1) is 46.6. The summed E-state index contributed by atoms with van der Waals surface area (Å²) in [7, 11) is 2.97. The lowest BCUT2D eigenvalue weighted by Crippen LogP contribution is -2.39. The number of esters is 2. The zero-order valence-electron chi connectivity index (χ0n) is 53.5. The molecule has 6 heterocycles. The number of nitrogens with one attached hydrogen (secondary N) is 1. The van der Waals surface area contributed by atoms with Crippen molar-refractivity contribution in [2.45, 2.75) is 34.5 Å². The molecular weight excluding hydrogens is 1370 g/mol. The minimum atomic E-state index is -4.67. The van der Waals surface area contributed by atoms with E-state index in [0.717, 1.165) is 66.7 Å². The fraction of sp³-hybridized carbons (Fsp3) is 0.234. The number of carbonyl (C=O) groups is 5. The third-order valence-electron chi connectivity index (χ3n) is 13.8. The average molecular weight is 1430 g/mol. The van der Waals surface area contributed by atoms with Crippen molar-refractivity contribution in [3.05, 3.63) is 180 Å². The maximum atomic E-state index is 12.4. The van der Waals surface area contributed by atoms with Gasteiger partial charge in [-0.15, -0.1) is 23.5 Å². The minimum Gasteiger partial charge on any atom is -0.468 e. The van der Waals surface area contributed by atoms with Crippen LogP contribution in [0.3, 0.4) is 0 Å². The highest BCUT2D eigenvalue weighted by Crippen LogP contribution is 2.36. The molecule has 4 N–H and O–H groups in total. The first kappa shape index (κ1) is 76.7. The number of hydrogen-bond donors (Lipinski definition) is 5. The molecular formula is C64H64N14O15S5. The summed E-state index contributed by atoms with van der Waals surface area (Å²) in [5.74, 6) is -0.553. The third-order valence-corrected chi connectivity index (χ3v) is 17.6. The Kier molecular flexibility index (Phi) is 27.9. The van der Waals surface area contributed by atoms with E-state index in [1.54, 1.807) is 67.8 Å². The van der Waals surface area contributed by atoms with Crippen LogP contribution in [-0.4, -0.2) is 141 Å². The highest BCUT2D eigenvalue weighted by molar-refractivity contribution is 8.01. The molecule has 0 bridgehead atoms. The molecule has 1 fully saturated rings. The number of imide groups is 1. The van der Waals surface area contributed by atoms with Gasteiger partial charge in [-0.1, -0.05) is 109 Å². The quantitative estimate of drug-likeness (QED) is 0.0148. The Morgan fingerprint density at radius 1 is 0.633 bits per heavy atom. The van der Waals surface area contributed by atoms with Crippen LogP contribution in [0.5, 0.6) is 0 Å². The van der Waals surface area contributed by atoms with E-state index in [2.05, 4.69) is 59.0 Å². The standard InChI is InChI=1S/C17H15N3O3S.C13H13N3O2S.C12H11N3O2S.C10H9N3O.C9H8N2O.C3H6O2S.H2O4S/c1-12-7-9-13(10-8-12)24(21,22)23-16(11-18)17-14-5-3-4-6-15(14)20(2)19-17;1-16-10-6-4-3-5-9(10)13(15-16)11(7-14)19-8-12(17)18-2;1-15-8-5-3-2-4-7(8)10(14-15)11-12(17)13-9(16)6-18-11;1-13-8-5-3-2-4-7(8)10(12-13)9(14)6-11;1-11-9-5-3-2-4-7(9)8(6-12)10-11;1-5-3(4)2-6;1-5(2,3)4/h3-10,16H,1-2H3;3-6,11H,8H2,1-2H3;2-5,11H,6H2,1H3,(H,13,16,17);2-5,9,14H,1H3;2-6H,1H3;6H,2H2,1H3;(H2,1,2,3,4). The Morgan fingerprint density at radius 3 is 1.50 bits per heavy atom. The van der Waals surface area contributed by atoms with Gasteiger partial charge in [0.15, 0.2) is 12.4 Å². The number of aliphatic hydroxyl groups excluding tert-OH is 1. The molecule has 0 radical (unpaired) electrons. The van der Waals surface area contributed by atoms with Gasteiger partial charge in [0.05, 0.1) is 81.4 Å². The molecule has 1 aliphatic rings. The molecule has 34 heteroatoms. The second-order valence-electron chi connectivity index (χ2n) is 20.3. The number of benzene rings is 6. The lowest BCUT2D eigenvalue weighted by molar-refractivity contribution is -0.138. The van der Waals surface area contributed by atoms with Gasteiger partial charge in [0.2, 0.25) is 17.9 Å². The number of aromatic nitrogens is 10. The molecule has 98 heavy (non-hydrogen) atoms. The predicted octanol–water partition coefficient (Wildman–Crippen LogP) is 7.85. The van der Waals surface area contributed by atoms with E-state index in [9.17, 15) is 48.0 Å². The number of methoxy groups -OCH3 is 2. The van der Waals surface area contributed by atoms with E-state index in [1.807, 2.05) is 143 Å². The van der Waals surface area contributed by atoms with Gasteiger partial charge >= 0.3 is 22.3 Å². The number of aryl methyl sites for hydroxylation is 6. The van der Waals surface area contributed by atoms with Crippen molar-refractivity contribution in [2.24, 2.45) is 35.2 Å². The largest absolute Gasteiger partial charge is 0.468 e. The van der Waals surface area contributed by atoms with Gasteiger partial charge in [-0.25, -0.2) is 4.18 Å². The van der Waals surface area contributed by atoms with E-state index in [4.69, 9.17) is 27.0 Å². The van der Waals surface area contributed by atoms with Crippen LogP contribution in [0.4, 0.5) is 0 Å². The Balaban J connectivity index is 0.000000189. The van der Waals surface area contributed by atoms with Crippen molar-refractivity contribution in [2.75, 3.05) is 31.5 Å². The zero-order valence-corrected chi connectivity index (χ0v) is 57.7. The summed E-state index contributed by atoms with van der Waals surface area (Å²) in [5, 5.41) is 63.7. The molecule has 6 aromatic carbocycles. The Labute approximate surface area is 575 Å². The molecule has 510 valence electrons. The monoisotopic (exact) mass is 1430 g/mol. The van der Waals surface area contributed by atoms with E-state index in [1.165, 1.54) is 49.9 Å². The van der Waals surface area contributed by atoms with Crippen molar-refractivity contribution in [3.63, 3.8) is 0 Å². The number of thiol groups is 1. The van der Waals surface area contributed by atoms with Gasteiger partial charge in [0.1, 0.15) is 39.7 Å². The number of aldehydes is 1. The normalized spacial score (nSPS) is 13.3. The van der Waals surface area contributed by atoms with E-state index in [0.29, 0.717) is 28.2 Å². The summed E-state index contributed by atoms with van der Waals surface area (Å²) in [6, 6.07) is 50.0. The van der Waals surface area contributed by atoms with Gasteiger partial charge in [-0.3, -0.25) is 61.8 Å². The molecule has 4 atom stereocenters. The van der Waals surface area contributed by atoms with Crippen molar-refractivity contribution in [1.82, 2.24) is 54.2 Å². The summed E-state index contributed by atoms with van der Waals surface area (Å²) >= 11 is 6.17. The topological polar surface area (TPSA) is 415 Å². The molecule has 29 nitrogen and oxygen atoms in total. The second-order valence-corrected chi connectivity index (χ2v) is 25.3. The van der Waals surface area contributed by atoms with Crippen LogP contribution in [0, 0.1) is 40.9 Å². The number of carbonyl (C=O) groups excluding carboxylic acids is 5. The van der Waals surface area contributed by atoms with Crippen LogP contribution in [0.2, 0.25) is 0 Å². The highest BCUT2D eigenvalue weighted by Gasteiger charge is 2.32. The Hall–Kier alpha value is -10.3. The van der Waals surface area contributed by atoms with Crippen molar-refractivity contribution in [3.8, 4) is 18.2 Å². The fourth-order valence-corrected chi connectivity index (χ4v) is 12.1. The number of fused-ring (bicyclic) bond motifs is 5. The van der Waals surface area contributed by atoms with Crippen LogP contribution in [0.25, 0.3) is 54.5 Å². The molecule has 0 spiro atoms. The van der Waals surface area contributed by atoms with Crippen LogP contribution in [0.1, 0.15) is 61.5 Å². The molecule has 0 aliphatic carbocycles. The van der Waals surface area contributed by atoms with Gasteiger partial charge in [0, 0.05) is 62.2 Å². The smallest absolute Gasteiger partial charge is 0.394 e. The number of aliphatic hydroxyl groups is 1. The fourth-order valence-electron chi connectivity index (χ4n) is 9.28. The molecule has 0 saturated carbocycles. The van der Waals surface area contributed by atoms with Gasteiger partial charge in [0.25, 0.3) is 10.1 Å². The van der Waals surface area contributed by atoms with Crippen LogP contribution >= 0.6 is 36.2 Å². The number of rotatable bonds is 12. The van der Waals surface area contributed by atoms with Gasteiger partial charge in [-0.05, 0) is 49.4 Å². The Bertz CT molecular complexity index is 5020. The SMILES string of the molecule is COC(=O)CS.COC(=O)CSC(C#N)c1nn(C)c2ccccc12.Cc1ccc(S(=O)(=O)OC(C#N)c2nn(C)c3ccccc23)cc1.Cn1nc(C(O)C#N)c2ccccc21.Cn1nc(C2SCC(=O)NC2=O)c2ccccc21.Cn1nc(C=O)c2ccccc21.O=S(=O)(O)O. The minimum absolute atomic E-state index is 0.00795. The van der Waals surface area contributed by atoms with E-state index < -0.39 is 43.2 Å². The zero-order chi connectivity index (χ0) is 72.0. The first-order valence-corrected chi connectivity index (χ1v) is 34.1. The maximum absolute atomic E-state index is 12.4. The number of amides is 2. The van der Waals surface area contributed by atoms with Crippen molar-refractivity contribution in [1.29, 1.82) is 15.8 Å². The second kappa shape index (κ2) is 35.6.